The molecule has 0 aliphatic carbocycles. The maximum absolute atomic E-state index is 13.6. The highest BCUT2D eigenvalue weighted by molar-refractivity contribution is 5.67. The molecule has 0 fully saturated rings. The average Bonchev–Trinajstić information content (AvgIpc) is 2.70. The zero-order valence-corrected chi connectivity index (χ0v) is 12.7. The maximum atomic E-state index is 13.6. The van der Waals surface area contributed by atoms with E-state index in [1.165, 1.54) is 0 Å². The summed E-state index contributed by atoms with van der Waals surface area (Å²) < 4.78 is 32.0. The van der Waals surface area contributed by atoms with Gasteiger partial charge in [-0.25, -0.2) is 18.6 Å². The van der Waals surface area contributed by atoms with Crippen LogP contribution in [0.15, 0.2) is 6.20 Å². The van der Waals surface area contributed by atoms with Crippen LogP contribution in [0.3, 0.4) is 0 Å². The summed E-state index contributed by atoms with van der Waals surface area (Å²) in [6.07, 6.45) is 0.728. The largest absolute Gasteiger partial charge is 0.444 e. The molecule has 0 saturated heterocycles. The van der Waals surface area contributed by atoms with Crippen LogP contribution in [0.1, 0.15) is 32.3 Å². The number of nitrogens with zero attached hydrogens (tertiary/aromatic N) is 1. The molecule has 120 valence electrons. The summed E-state index contributed by atoms with van der Waals surface area (Å²) in [6, 6.07) is 0. The Morgan fingerprint density at radius 3 is 2.57 bits per heavy atom. The van der Waals surface area contributed by atoms with E-state index in [1.54, 1.807) is 33.9 Å². The quantitative estimate of drug-likeness (QED) is 0.751. The number of aromatic amines is 1. The van der Waals surface area contributed by atoms with E-state index in [4.69, 9.17) is 4.74 Å². The number of rotatable bonds is 6. The van der Waals surface area contributed by atoms with E-state index < -0.39 is 30.7 Å². The van der Waals surface area contributed by atoms with Crippen molar-refractivity contribution in [2.75, 3.05) is 13.1 Å². The first kappa shape index (κ1) is 17.4. The fourth-order valence-corrected chi connectivity index (χ4v) is 1.52. The van der Waals surface area contributed by atoms with E-state index in [-0.39, 0.29) is 6.54 Å². The Kier molecular flexibility index (Phi) is 5.65. The molecule has 3 N–H and O–H groups in total. The lowest BCUT2D eigenvalue weighted by Crippen LogP contribution is -2.44. The molecule has 0 aromatic carbocycles. The number of alkyl carbamates (subject to hydrolysis) is 1. The molecule has 1 amide bonds. The van der Waals surface area contributed by atoms with Crippen molar-refractivity contribution in [1.29, 1.82) is 0 Å². The minimum Gasteiger partial charge on any atom is -0.444 e. The molecule has 1 aromatic heterocycles. The highest BCUT2D eigenvalue weighted by atomic mass is 19.3. The third-order valence-corrected chi connectivity index (χ3v) is 2.34. The predicted molar refractivity (Wildman–Crippen MR) is 74.2 cm³/mol. The second-order valence-electron chi connectivity index (χ2n) is 5.81. The molecular weight excluding hydrogens is 282 g/mol. The van der Waals surface area contributed by atoms with Crippen LogP contribution in [0.4, 0.5) is 13.6 Å². The van der Waals surface area contributed by atoms with E-state index >= 15 is 0 Å². The Bertz CT molecular complexity index is 469. The van der Waals surface area contributed by atoms with Crippen molar-refractivity contribution in [2.24, 2.45) is 0 Å². The predicted octanol–water partition coefficient (Wildman–Crippen LogP) is 1.97. The Balaban J connectivity index is 2.28. The summed E-state index contributed by atoms with van der Waals surface area (Å²) >= 11 is 0. The minimum absolute atomic E-state index is 0.253. The first-order valence-electron chi connectivity index (χ1n) is 6.63. The lowest BCUT2D eigenvalue weighted by atomic mass is 10.2. The molecule has 0 unspecified atom stereocenters. The fraction of sp³-hybridized carbons (Fsp3) is 0.692. The summed E-state index contributed by atoms with van der Waals surface area (Å²) in [4.78, 5) is 18.2. The number of halogens is 2. The third-order valence-electron chi connectivity index (χ3n) is 2.34. The number of nitrogens with one attached hydrogen (secondary N) is 3. The van der Waals surface area contributed by atoms with Crippen molar-refractivity contribution in [3.63, 3.8) is 0 Å². The van der Waals surface area contributed by atoms with Crippen LogP contribution in [0.25, 0.3) is 0 Å². The van der Waals surface area contributed by atoms with E-state index in [1.807, 2.05) is 0 Å². The van der Waals surface area contributed by atoms with Gasteiger partial charge in [0.15, 0.2) is 0 Å². The van der Waals surface area contributed by atoms with Gasteiger partial charge in [0.1, 0.15) is 11.4 Å². The molecule has 1 heterocycles. The van der Waals surface area contributed by atoms with Crippen molar-refractivity contribution >= 4 is 6.09 Å². The van der Waals surface area contributed by atoms with Crippen LogP contribution in [-0.4, -0.2) is 40.7 Å². The summed E-state index contributed by atoms with van der Waals surface area (Å²) in [5.74, 6) is -2.34. The number of amides is 1. The number of hydrogen-bond donors (Lipinski definition) is 3. The molecule has 8 heteroatoms. The van der Waals surface area contributed by atoms with E-state index in [0.29, 0.717) is 0 Å². The Morgan fingerprint density at radius 1 is 1.38 bits per heavy atom. The highest BCUT2D eigenvalue weighted by Crippen LogP contribution is 2.12. The fourth-order valence-electron chi connectivity index (χ4n) is 1.52. The Morgan fingerprint density at radius 2 is 2.05 bits per heavy atom. The number of H-pyrrole nitrogens is 1. The molecule has 0 aliphatic rings. The smallest absolute Gasteiger partial charge is 0.407 e. The van der Waals surface area contributed by atoms with Gasteiger partial charge in [-0.2, -0.15) is 0 Å². The topological polar surface area (TPSA) is 79.0 Å². The van der Waals surface area contributed by atoms with Gasteiger partial charge in [0.25, 0.3) is 5.92 Å². The molecule has 0 aliphatic heterocycles. The molecule has 0 atom stereocenters. The molecule has 1 rings (SSSR count). The van der Waals surface area contributed by atoms with Gasteiger partial charge in [-0.15, -0.1) is 0 Å². The number of alkyl halides is 2. The standard InChI is InChI=1S/C13H22F2N4O2/c1-9-17-6-10(19-9)5-16-7-13(14,15)8-18-11(20)21-12(2,3)4/h6,16H,5,7-8H2,1-4H3,(H,17,19)(H,18,20). The molecule has 0 spiro atoms. The SMILES string of the molecule is Cc1ncc(CNCC(F)(F)CNC(=O)OC(C)(C)C)[nH]1. The van der Waals surface area contributed by atoms with Crippen LogP contribution in [0, 0.1) is 6.92 Å². The monoisotopic (exact) mass is 304 g/mol. The van der Waals surface area contributed by atoms with Crippen molar-refractivity contribution in [3.05, 3.63) is 17.7 Å². The van der Waals surface area contributed by atoms with Crippen LogP contribution >= 0.6 is 0 Å². The molecule has 6 nitrogen and oxygen atoms in total. The van der Waals surface area contributed by atoms with Gasteiger partial charge in [-0.1, -0.05) is 0 Å². The lowest BCUT2D eigenvalue weighted by Gasteiger charge is -2.22. The van der Waals surface area contributed by atoms with E-state index in [2.05, 4.69) is 20.6 Å². The molecular formula is C13H22F2N4O2. The molecule has 0 saturated carbocycles. The summed E-state index contributed by atoms with van der Waals surface area (Å²) in [7, 11) is 0. The molecule has 0 bridgehead atoms. The van der Waals surface area contributed by atoms with E-state index in [9.17, 15) is 13.6 Å². The zero-order valence-electron chi connectivity index (χ0n) is 12.7. The van der Waals surface area contributed by atoms with Crippen molar-refractivity contribution < 1.29 is 18.3 Å². The van der Waals surface area contributed by atoms with Crippen molar-refractivity contribution in [2.45, 2.75) is 45.8 Å². The second kappa shape index (κ2) is 6.84. The summed E-state index contributed by atoms with van der Waals surface area (Å²) in [5, 5.41) is 4.67. The summed E-state index contributed by atoms with van der Waals surface area (Å²) in [6.45, 7) is 5.69. The lowest BCUT2D eigenvalue weighted by molar-refractivity contribution is -0.00381. The highest BCUT2D eigenvalue weighted by Gasteiger charge is 2.30. The van der Waals surface area contributed by atoms with Gasteiger partial charge < -0.3 is 20.4 Å². The zero-order chi connectivity index (χ0) is 16.1. The normalized spacial score (nSPS) is 12.3. The van der Waals surface area contributed by atoms with Crippen LogP contribution < -0.4 is 10.6 Å². The van der Waals surface area contributed by atoms with Gasteiger partial charge in [0, 0.05) is 18.4 Å². The van der Waals surface area contributed by atoms with Gasteiger partial charge in [0.05, 0.1) is 13.1 Å². The number of hydrogen-bond acceptors (Lipinski definition) is 4. The average molecular weight is 304 g/mol. The minimum atomic E-state index is -3.06. The number of ether oxygens (including phenoxy) is 1. The summed E-state index contributed by atoms with van der Waals surface area (Å²) in [5.41, 5.74) is 0.0132. The molecule has 1 aromatic rings. The van der Waals surface area contributed by atoms with E-state index in [0.717, 1.165) is 11.5 Å². The van der Waals surface area contributed by atoms with Crippen LogP contribution in [-0.2, 0) is 11.3 Å². The Hall–Kier alpha value is -1.70. The number of carbonyl (C=O) groups excluding carboxylic acids is 1. The van der Waals surface area contributed by atoms with Crippen LogP contribution in [0.5, 0.6) is 0 Å². The number of carbonyl (C=O) groups is 1. The first-order chi connectivity index (χ1) is 9.57. The van der Waals surface area contributed by atoms with Gasteiger partial charge in [-0.05, 0) is 27.7 Å². The molecule has 21 heavy (non-hydrogen) atoms. The maximum Gasteiger partial charge on any atom is 0.407 e. The van der Waals surface area contributed by atoms with Crippen molar-refractivity contribution in [3.8, 4) is 0 Å². The second-order valence-corrected chi connectivity index (χ2v) is 5.81. The van der Waals surface area contributed by atoms with Crippen LogP contribution in [0.2, 0.25) is 0 Å². The molecule has 0 radical (unpaired) electrons. The van der Waals surface area contributed by atoms with Gasteiger partial charge >= 0.3 is 6.09 Å². The third kappa shape index (κ3) is 7.60. The number of aromatic nitrogens is 2. The van der Waals surface area contributed by atoms with Gasteiger partial charge in [0.2, 0.25) is 0 Å². The number of imidazole rings is 1. The van der Waals surface area contributed by atoms with Gasteiger partial charge in [-0.3, -0.25) is 0 Å². The number of aryl methyl sites for hydroxylation is 1. The Labute approximate surface area is 122 Å². The van der Waals surface area contributed by atoms with Crippen molar-refractivity contribution in [1.82, 2.24) is 20.6 Å². The first-order valence-corrected chi connectivity index (χ1v) is 6.63.